The third-order valence-electron chi connectivity index (χ3n) is 3.05. The molecule has 0 aliphatic carbocycles. The normalized spacial score (nSPS) is 10.5. The molecule has 130 valence electrons. The zero-order chi connectivity index (χ0) is 17.5. The van der Waals surface area contributed by atoms with Crippen LogP contribution in [-0.4, -0.2) is 48.7 Å². The van der Waals surface area contributed by atoms with E-state index in [0.717, 1.165) is 0 Å². The van der Waals surface area contributed by atoms with Gasteiger partial charge in [0.05, 0.1) is 11.9 Å². The zero-order valence-corrected chi connectivity index (χ0v) is 13.6. The summed E-state index contributed by atoms with van der Waals surface area (Å²) in [6.07, 6.45) is 1.59. The van der Waals surface area contributed by atoms with Crippen LogP contribution >= 0.6 is 0 Å². The van der Waals surface area contributed by atoms with Crippen molar-refractivity contribution in [1.82, 2.24) is 9.78 Å². The average molecular weight is 337 g/mol. The summed E-state index contributed by atoms with van der Waals surface area (Å²) >= 11 is 0. The fourth-order valence-corrected chi connectivity index (χ4v) is 1.99. The summed E-state index contributed by atoms with van der Waals surface area (Å²) in [4.78, 5) is 11.7. The van der Waals surface area contributed by atoms with Crippen molar-refractivity contribution in [2.75, 3.05) is 33.1 Å². The molecule has 0 radical (unpaired) electrons. The van der Waals surface area contributed by atoms with Crippen molar-refractivity contribution >= 4 is 17.5 Å². The van der Waals surface area contributed by atoms with Gasteiger partial charge >= 0.3 is 5.97 Å². The van der Waals surface area contributed by atoms with Crippen LogP contribution in [-0.2, 0) is 16.5 Å². The Morgan fingerprint density at radius 1 is 1.25 bits per heavy atom. The lowest BCUT2D eigenvalue weighted by molar-refractivity contribution is 0.0447. The van der Waals surface area contributed by atoms with Crippen LogP contribution in [0.1, 0.15) is 10.4 Å². The molecule has 0 spiro atoms. The van der Waals surface area contributed by atoms with Crippen LogP contribution in [0, 0.1) is 0 Å². The highest BCUT2D eigenvalue weighted by Gasteiger charge is 2.20. The second-order valence-electron chi connectivity index (χ2n) is 4.72. The smallest absolute Gasteiger partial charge is 0.341 e. The van der Waals surface area contributed by atoms with E-state index in [0.29, 0.717) is 17.3 Å². The molecule has 1 aromatic heterocycles. The van der Waals surface area contributed by atoms with Crippen LogP contribution in [0.5, 0.6) is 11.5 Å². The second kappa shape index (κ2) is 8.18. The summed E-state index contributed by atoms with van der Waals surface area (Å²) in [5, 5.41) is 16.6. The first-order valence-corrected chi connectivity index (χ1v) is 6.96. The van der Waals surface area contributed by atoms with Crippen LogP contribution in [0.15, 0.2) is 24.4 Å². The van der Waals surface area contributed by atoms with E-state index in [1.807, 2.05) is 0 Å². The second-order valence-corrected chi connectivity index (χ2v) is 4.72. The van der Waals surface area contributed by atoms with E-state index in [1.165, 1.54) is 20.3 Å². The topological polar surface area (TPSA) is 104 Å². The van der Waals surface area contributed by atoms with Gasteiger partial charge in [-0.05, 0) is 0 Å². The molecular formula is C15H19N3O6. The molecular weight excluding hydrogens is 318 g/mol. The lowest BCUT2D eigenvalue weighted by atomic mass is 10.1. The first-order chi connectivity index (χ1) is 11.6. The van der Waals surface area contributed by atoms with Gasteiger partial charge in [-0.15, -0.1) is 0 Å². The molecule has 2 aromatic rings. The SMILES string of the molecule is COCOc1cc(Nc2ccnn2C)c(C(=O)O)c(OCOC)c1. The molecule has 0 aliphatic rings. The number of anilines is 2. The molecule has 0 saturated carbocycles. The number of benzene rings is 1. The molecule has 0 bridgehead atoms. The van der Waals surface area contributed by atoms with Gasteiger partial charge in [-0.3, -0.25) is 4.68 Å². The minimum absolute atomic E-state index is 0.0152. The van der Waals surface area contributed by atoms with Crippen molar-refractivity contribution in [2.45, 2.75) is 0 Å². The largest absolute Gasteiger partial charge is 0.477 e. The quantitative estimate of drug-likeness (QED) is 0.668. The highest BCUT2D eigenvalue weighted by Crippen LogP contribution is 2.34. The third kappa shape index (κ3) is 4.15. The van der Waals surface area contributed by atoms with Crippen molar-refractivity contribution in [1.29, 1.82) is 0 Å². The predicted molar refractivity (Wildman–Crippen MR) is 84.9 cm³/mol. The molecule has 0 fully saturated rings. The fraction of sp³-hybridized carbons (Fsp3) is 0.333. The number of ether oxygens (including phenoxy) is 4. The number of rotatable bonds is 9. The molecule has 9 heteroatoms. The van der Waals surface area contributed by atoms with Gasteiger partial charge in [0.1, 0.15) is 22.9 Å². The Bertz CT molecular complexity index is 701. The minimum atomic E-state index is -1.15. The molecule has 0 saturated heterocycles. The van der Waals surface area contributed by atoms with E-state index in [9.17, 15) is 9.90 Å². The number of nitrogens with zero attached hydrogens (tertiary/aromatic N) is 2. The van der Waals surface area contributed by atoms with Crippen LogP contribution < -0.4 is 14.8 Å². The van der Waals surface area contributed by atoms with Crippen LogP contribution in [0.2, 0.25) is 0 Å². The van der Waals surface area contributed by atoms with Gasteiger partial charge in [0, 0.05) is 39.5 Å². The van der Waals surface area contributed by atoms with Crippen molar-refractivity contribution in [3.8, 4) is 11.5 Å². The number of hydrogen-bond acceptors (Lipinski definition) is 7. The highest BCUT2D eigenvalue weighted by molar-refractivity contribution is 5.98. The highest BCUT2D eigenvalue weighted by atomic mass is 16.7. The lowest BCUT2D eigenvalue weighted by Gasteiger charge is -2.16. The first-order valence-electron chi connectivity index (χ1n) is 6.96. The van der Waals surface area contributed by atoms with E-state index < -0.39 is 5.97 Å². The van der Waals surface area contributed by atoms with Crippen LogP contribution in [0.4, 0.5) is 11.5 Å². The number of nitrogens with one attached hydrogen (secondary N) is 1. The third-order valence-corrected chi connectivity index (χ3v) is 3.05. The van der Waals surface area contributed by atoms with Crippen molar-refractivity contribution in [3.63, 3.8) is 0 Å². The number of carboxylic acids is 1. The molecule has 9 nitrogen and oxygen atoms in total. The molecule has 0 aliphatic heterocycles. The molecule has 2 rings (SSSR count). The Morgan fingerprint density at radius 3 is 2.54 bits per heavy atom. The Kier molecular flexibility index (Phi) is 5.99. The summed E-state index contributed by atoms with van der Waals surface area (Å²) in [5.41, 5.74) is 0.254. The number of hydrogen-bond donors (Lipinski definition) is 2. The summed E-state index contributed by atoms with van der Waals surface area (Å²) in [6.45, 7) is -0.0829. The Labute approximate surface area is 138 Å². The Morgan fingerprint density at radius 2 is 1.96 bits per heavy atom. The van der Waals surface area contributed by atoms with E-state index in [4.69, 9.17) is 18.9 Å². The zero-order valence-electron chi connectivity index (χ0n) is 13.6. The summed E-state index contributed by atoms with van der Waals surface area (Å²) in [6, 6.07) is 4.73. The van der Waals surface area contributed by atoms with Crippen molar-refractivity contribution in [3.05, 3.63) is 30.0 Å². The van der Waals surface area contributed by atoms with Crippen LogP contribution in [0.25, 0.3) is 0 Å². The van der Waals surface area contributed by atoms with Gasteiger partial charge in [-0.2, -0.15) is 5.10 Å². The van der Waals surface area contributed by atoms with E-state index in [1.54, 1.807) is 30.1 Å². The molecule has 24 heavy (non-hydrogen) atoms. The van der Waals surface area contributed by atoms with E-state index in [2.05, 4.69) is 10.4 Å². The minimum Gasteiger partial charge on any atom is -0.477 e. The van der Waals surface area contributed by atoms with Gasteiger partial charge < -0.3 is 29.4 Å². The number of methoxy groups -OCH3 is 2. The van der Waals surface area contributed by atoms with Gasteiger partial charge in [0.2, 0.25) is 0 Å². The molecule has 1 aromatic carbocycles. The molecule has 2 N–H and O–H groups in total. The van der Waals surface area contributed by atoms with Gasteiger partial charge in [0.15, 0.2) is 13.6 Å². The molecule has 0 atom stereocenters. The maximum Gasteiger partial charge on any atom is 0.341 e. The maximum atomic E-state index is 11.7. The van der Waals surface area contributed by atoms with Crippen molar-refractivity contribution < 1.29 is 28.8 Å². The monoisotopic (exact) mass is 337 g/mol. The van der Waals surface area contributed by atoms with Crippen LogP contribution in [0.3, 0.4) is 0 Å². The summed E-state index contributed by atoms with van der Waals surface area (Å²) in [7, 11) is 4.67. The first kappa shape index (κ1) is 17.6. The standard InChI is InChI=1S/C15H19N3O6/c1-18-13(4-5-16-18)17-11-6-10(23-8-21-2)7-12(24-9-22-3)14(11)15(19)20/h4-7,17H,8-9H2,1-3H3,(H,19,20). The lowest BCUT2D eigenvalue weighted by Crippen LogP contribution is -2.11. The number of carboxylic acid groups (broad SMARTS) is 1. The molecule has 1 heterocycles. The average Bonchev–Trinajstić information content (AvgIpc) is 2.95. The predicted octanol–water partition coefficient (Wildman–Crippen LogP) is 1.83. The van der Waals surface area contributed by atoms with Gasteiger partial charge in [0.25, 0.3) is 0 Å². The van der Waals surface area contributed by atoms with E-state index in [-0.39, 0.29) is 24.9 Å². The maximum absolute atomic E-state index is 11.7. The Hall–Kier alpha value is -2.78. The fourth-order valence-electron chi connectivity index (χ4n) is 1.99. The molecule has 0 unspecified atom stereocenters. The Balaban J connectivity index is 2.46. The van der Waals surface area contributed by atoms with Gasteiger partial charge in [-0.1, -0.05) is 0 Å². The number of aromatic nitrogens is 2. The number of aromatic carboxylic acids is 1. The summed E-state index contributed by atoms with van der Waals surface area (Å²) < 4.78 is 22.1. The van der Waals surface area contributed by atoms with Crippen molar-refractivity contribution in [2.24, 2.45) is 7.05 Å². The van der Waals surface area contributed by atoms with Gasteiger partial charge in [-0.25, -0.2) is 4.79 Å². The summed E-state index contributed by atoms with van der Waals surface area (Å²) in [5.74, 6) is -0.0385. The number of carbonyl (C=O) groups is 1. The molecule has 0 amide bonds. The number of aryl methyl sites for hydroxylation is 1. The van der Waals surface area contributed by atoms with E-state index >= 15 is 0 Å².